The zero-order valence-corrected chi connectivity index (χ0v) is 14.6. The van der Waals surface area contributed by atoms with Gasteiger partial charge in [0.15, 0.2) is 0 Å². The van der Waals surface area contributed by atoms with Crippen molar-refractivity contribution < 1.29 is 4.52 Å². The number of hydrogen-bond donors (Lipinski definition) is 1. The Balaban J connectivity index is 2.23. The number of benzene rings is 1. The van der Waals surface area contributed by atoms with Crippen molar-refractivity contribution in [3.63, 3.8) is 0 Å². The summed E-state index contributed by atoms with van der Waals surface area (Å²) < 4.78 is 7.10. The van der Waals surface area contributed by atoms with Crippen molar-refractivity contribution >= 4 is 60.7 Å². The number of nitrogens with two attached hydrogens (primary N) is 1. The summed E-state index contributed by atoms with van der Waals surface area (Å²) in [5.74, 6) is 0.258. The summed E-state index contributed by atoms with van der Waals surface area (Å²) in [6.45, 7) is 0. The minimum atomic E-state index is 0.258. The van der Waals surface area contributed by atoms with E-state index in [4.69, 9.17) is 21.9 Å². The topological polar surface area (TPSA) is 52.0 Å². The molecule has 7 heteroatoms. The number of hydrogen-bond acceptors (Lipinski definition) is 4. The molecule has 0 unspecified atom stereocenters. The van der Waals surface area contributed by atoms with Crippen molar-refractivity contribution in [2.45, 2.75) is 0 Å². The first-order chi connectivity index (χ1) is 9.58. The van der Waals surface area contributed by atoms with Crippen LogP contribution in [0.1, 0.15) is 0 Å². The molecule has 0 radical (unpaired) electrons. The fraction of sp³-hybridized carbons (Fsp3) is 0. The molecule has 0 saturated heterocycles. The summed E-state index contributed by atoms with van der Waals surface area (Å²) in [5.41, 5.74) is 8.13. The van der Waals surface area contributed by atoms with Gasteiger partial charge in [-0.2, -0.15) is 0 Å². The van der Waals surface area contributed by atoms with Gasteiger partial charge in [-0.25, -0.2) is 0 Å². The van der Waals surface area contributed by atoms with E-state index in [9.17, 15) is 0 Å². The maximum atomic E-state index is 6.24. The van der Waals surface area contributed by atoms with Crippen LogP contribution in [-0.4, -0.2) is 5.16 Å². The van der Waals surface area contributed by atoms with E-state index in [2.05, 4.69) is 37.0 Å². The van der Waals surface area contributed by atoms with Crippen LogP contribution in [0, 0.1) is 0 Å². The molecule has 2 aromatic heterocycles. The molecular formula is C13H7Br2ClN2OS. The first kappa shape index (κ1) is 14.1. The zero-order chi connectivity index (χ0) is 14.3. The van der Waals surface area contributed by atoms with Crippen LogP contribution in [0.2, 0.25) is 5.02 Å². The van der Waals surface area contributed by atoms with Crippen molar-refractivity contribution in [1.29, 1.82) is 0 Å². The molecule has 2 heterocycles. The van der Waals surface area contributed by atoms with Gasteiger partial charge in [0.2, 0.25) is 5.88 Å². The average molecular weight is 435 g/mol. The van der Waals surface area contributed by atoms with Crippen LogP contribution in [0.3, 0.4) is 0 Å². The van der Waals surface area contributed by atoms with Crippen LogP contribution in [0.15, 0.2) is 43.1 Å². The molecule has 0 saturated carbocycles. The molecule has 3 rings (SSSR count). The summed E-state index contributed by atoms with van der Waals surface area (Å²) in [7, 11) is 0. The lowest BCUT2D eigenvalue weighted by molar-refractivity contribution is 0.439. The number of nitrogen functional groups attached to an aromatic ring is 1. The predicted octanol–water partition coefficient (Wildman–Crippen LogP) is 5.83. The second-order valence-corrected chi connectivity index (χ2v) is 7.61. The first-order valence-corrected chi connectivity index (χ1v) is 8.31. The van der Waals surface area contributed by atoms with Crippen LogP contribution in [0.25, 0.3) is 21.7 Å². The van der Waals surface area contributed by atoms with Gasteiger partial charge in [0.1, 0.15) is 5.69 Å². The van der Waals surface area contributed by atoms with E-state index in [1.807, 2.05) is 30.3 Å². The number of halogens is 3. The van der Waals surface area contributed by atoms with E-state index in [0.29, 0.717) is 10.7 Å². The maximum absolute atomic E-state index is 6.24. The molecule has 0 bridgehead atoms. The van der Waals surface area contributed by atoms with Gasteiger partial charge in [-0.05, 0) is 44.0 Å². The van der Waals surface area contributed by atoms with Crippen molar-refractivity contribution in [2.24, 2.45) is 0 Å². The number of aromatic nitrogens is 1. The fourth-order valence-electron chi connectivity index (χ4n) is 1.86. The molecule has 0 amide bonds. The summed E-state index contributed by atoms with van der Waals surface area (Å²) in [6, 6.07) is 9.44. The highest BCUT2D eigenvalue weighted by Gasteiger charge is 2.21. The minimum absolute atomic E-state index is 0.258. The highest BCUT2D eigenvalue weighted by atomic mass is 79.9. The number of anilines is 1. The van der Waals surface area contributed by atoms with E-state index in [-0.39, 0.29) is 5.88 Å². The first-order valence-electron chi connectivity index (χ1n) is 5.53. The second kappa shape index (κ2) is 5.52. The van der Waals surface area contributed by atoms with Crippen molar-refractivity contribution in [2.75, 3.05) is 5.73 Å². The minimum Gasteiger partial charge on any atom is -0.367 e. The van der Waals surface area contributed by atoms with Gasteiger partial charge >= 0.3 is 0 Å². The van der Waals surface area contributed by atoms with E-state index in [1.54, 1.807) is 11.3 Å². The third-order valence-electron chi connectivity index (χ3n) is 2.74. The van der Waals surface area contributed by atoms with Crippen molar-refractivity contribution in [3.05, 3.63) is 43.6 Å². The lowest BCUT2D eigenvalue weighted by Gasteiger charge is -2.03. The van der Waals surface area contributed by atoms with Crippen LogP contribution < -0.4 is 5.73 Å². The van der Waals surface area contributed by atoms with Gasteiger partial charge < -0.3 is 10.3 Å². The molecule has 1 aromatic carbocycles. The van der Waals surface area contributed by atoms with E-state index in [0.717, 1.165) is 24.3 Å². The highest BCUT2D eigenvalue weighted by molar-refractivity contribution is 9.13. The average Bonchev–Trinajstić information content (AvgIpc) is 2.94. The van der Waals surface area contributed by atoms with E-state index in [1.165, 1.54) is 0 Å². The highest BCUT2D eigenvalue weighted by Crippen LogP contribution is 2.44. The Morgan fingerprint density at radius 3 is 2.65 bits per heavy atom. The quantitative estimate of drug-likeness (QED) is 0.552. The van der Waals surface area contributed by atoms with Gasteiger partial charge in [-0.3, -0.25) is 0 Å². The number of thiophene rings is 1. The Bertz CT molecular complexity index is 765. The molecule has 0 spiro atoms. The molecular weight excluding hydrogens is 427 g/mol. The summed E-state index contributed by atoms with van der Waals surface area (Å²) >= 11 is 14.7. The van der Waals surface area contributed by atoms with Gasteiger partial charge in [-0.15, -0.1) is 11.3 Å². The summed E-state index contributed by atoms with van der Waals surface area (Å²) in [5, 5.41) is 4.68. The summed E-state index contributed by atoms with van der Waals surface area (Å²) in [6.07, 6.45) is 0. The Hall–Kier alpha value is -0.820. The number of nitrogens with zero attached hydrogens (tertiary/aromatic N) is 1. The monoisotopic (exact) mass is 432 g/mol. The van der Waals surface area contributed by atoms with Crippen LogP contribution in [0.4, 0.5) is 5.88 Å². The van der Waals surface area contributed by atoms with E-state index < -0.39 is 0 Å². The predicted molar refractivity (Wildman–Crippen MR) is 90.1 cm³/mol. The molecule has 3 aromatic rings. The number of rotatable bonds is 2. The molecule has 0 aliphatic carbocycles. The SMILES string of the molecule is Nc1onc(-c2cc(Br)c(Br)s2)c1-c1ccccc1Cl. The molecule has 3 nitrogen and oxygen atoms in total. The van der Waals surface area contributed by atoms with Crippen molar-refractivity contribution in [1.82, 2.24) is 5.16 Å². The van der Waals surface area contributed by atoms with E-state index >= 15 is 0 Å². The Morgan fingerprint density at radius 2 is 2.00 bits per heavy atom. The maximum Gasteiger partial charge on any atom is 0.230 e. The van der Waals surface area contributed by atoms with Crippen LogP contribution >= 0.6 is 54.8 Å². The van der Waals surface area contributed by atoms with Gasteiger partial charge in [0.05, 0.1) is 14.2 Å². The molecule has 2 N–H and O–H groups in total. The Morgan fingerprint density at radius 1 is 1.25 bits per heavy atom. The van der Waals surface area contributed by atoms with Crippen LogP contribution in [0.5, 0.6) is 0 Å². The summed E-state index contributed by atoms with van der Waals surface area (Å²) in [4.78, 5) is 0.944. The molecule has 0 atom stereocenters. The smallest absolute Gasteiger partial charge is 0.230 e. The lowest BCUT2D eigenvalue weighted by Crippen LogP contribution is -1.87. The van der Waals surface area contributed by atoms with Gasteiger partial charge in [0, 0.05) is 15.1 Å². The van der Waals surface area contributed by atoms with Gasteiger partial charge in [-0.1, -0.05) is 35.0 Å². The van der Waals surface area contributed by atoms with Crippen LogP contribution in [-0.2, 0) is 0 Å². The molecule has 0 fully saturated rings. The fourth-order valence-corrected chi connectivity index (χ4v) is 4.11. The third-order valence-corrected chi connectivity index (χ3v) is 6.33. The molecule has 0 aliphatic rings. The lowest BCUT2D eigenvalue weighted by atomic mass is 10.0. The third kappa shape index (κ3) is 2.41. The van der Waals surface area contributed by atoms with Crippen molar-refractivity contribution in [3.8, 4) is 21.7 Å². The zero-order valence-electron chi connectivity index (χ0n) is 9.86. The Kier molecular flexibility index (Phi) is 3.90. The standard InChI is InChI=1S/C13H7Br2ClN2OS/c14-7-5-9(20-12(7)15)11-10(13(17)19-18-11)6-3-1-2-4-8(6)16/h1-5H,17H2. The molecule has 20 heavy (non-hydrogen) atoms. The second-order valence-electron chi connectivity index (χ2n) is 3.98. The van der Waals surface area contributed by atoms with Gasteiger partial charge in [0.25, 0.3) is 0 Å². The Labute approximate surface area is 141 Å². The molecule has 102 valence electrons. The largest absolute Gasteiger partial charge is 0.367 e. The normalized spacial score (nSPS) is 10.9. The molecule has 0 aliphatic heterocycles.